The molecule has 3 fully saturated rings. The van der Waals surface area contributed by atoms with Crippen LogP contribution < -0.4 is 5.32 Å². The Balaban J connectivity index is 1.56. The van der Waals surface area contributed by atoms with E-state index in [0.717, 1.165) is 16.5 Å². The number of para-hydroxylation sites is 1. The quantitative estimate of drug-likeness (QED) is 0.270. The highest BCUT2D eigenvalue weighted by Gasteiger charge is 2.57. The zero-order chi connectivity index (χ0) is 40.4. The summed E-state index contributed by atoms with van der Waals surface area (Å²) in [4.78, 5) is 61.8. The Labute approximate surface area is 324 Å². The van der Waals surface area contributed by atoms with Crippen molar-refractivity contribution in [1.29, 1.82) is 0 Å². The molecule has 13 atom stereocenters. The van der Waals surface area contributed by atoms with Gasteiger partial charge in [-0.15, -0.1) is 0 Å². The summed E-state index contributed by atoms with van der Waals surface area (Å²) in [5, 5.41) is 15.4. The Kier molecular flexibility index (Phi) is 13.2. The molecule has 2 aromatic rings. The Hall–Kier alpha value is -3.75. The van der Waals surface area contributed by atoms with Gasteiger partial charge in [0, 0.05) is 35.4 Å². The summed E-state index contributed by atoms with van der Waals surface area (Å²) in [5.41, 5.74) is -1.00. The van der Waals surface area contributed by atoms with Crippen LogP contribution in [0.25, 0.3) is 17.0 Å². The fourth-order valence-corrected chi connectivity index (χ4v) is 8.73. The molecule has 1 aromatic heterocycles. The van der Waals surface area contributed by atoms with E-state index in [1.807, 2.05) is 68.4 Å². The van der Waals surface area contributed by atoms with Crippen LogP contribution in [0.4, 0.5) is 4.79 Å². The van der Waals surface area contributed by atoms with E-state index in [2.05, 4.69) is 10.3 Å². The topological polar surface area (TPSA) is 163 Å². The van der Waals surface area contributed by atoms with Gasteiger partial charge in [0.05, 0.1) is 36.0 Å². The standard InChI is InChI=1S/C42H59N3O10/c1-11-32-42(8)36(44-40(50)55-42)25(4)33(46)23(2)21-41(7,51-18-14-15-28-20-29-16-12-13-17-30(29)43-22-28)37(26(5)34(47)27(6)38(49)53-32)54-39-35(48)31(45(9)10)19-24(3)52-39/h12-17,20,22-27,31-32,35-37,39,48H,11,18-19,21H2,1-10H3,(H,44,50)/b15-14+/t23?,24-,25+,26+,27-,31+,32-,35-,36-,37-,39+,41-,42-/m1/s1. The number of pyridine rings is 1. The number of likely N-dealkylation sites (N-methyl/N-ethyl adjacent to an activating group) is 1. The van der Waals surface area contributed by atoms with Crippen LogP contribution in [-0.4, -0.2) is 113 Å². The number of carbonyl (C=O) groups excluding carboxylic acids is 4. The second-order valence-corrected chi connectivity index (χ2v) is 16.4. The summed E-state index contributed by atoms with van der Waals surface area (Å²) in [6.07, 6.45) is 1.12. The van der Waals surface area contributed by atoms with Crippen molar-refractivity contribution in [3.8, 4) is 0 Å². The number of carbonyl (C=O) groups is 4. The number of alkyl carbamates (subject to hydrolysis) is 1. The van der Waals surface area contributed by atoms with Crippen molar-refractivity contribution in [2.24, 2.45) is 23.7 Å². The molecule has 1 aromatic carbocycles. The number of aliphatic hydroxyl groups excluding tert-OH is 1. The fraction of sp³-hybridized carbons (Fsp3) is 0.643. The Morgan fingerprint density at radius 3 is 2.44 bits per heavy atom. The Morgan fingerprint density at radius 2 is 1.75 bits per heavy atom. The van der Waals surface area contributed by atoms with E-state index in [-0.39, 0.29) is 37.4 Å². The van der Waals surface area contributed by atoms with Crippen LogP contribution in [0.2, 0.25) is 0 Å². The average Bonchev–Trinajstić information content (AvgIpc) is 3.47. The number of aliphatic hydroxyl groups is 1. The zero-order valence-corrected chi connectivity index (χ0v) is 33.8. The molecule has 13 nitrogen and oxygen atoms in total. The largest absolute Gasteiger partial charge is 0.458 e. The SMILES string of the molecule is CC[C@H]1OC(=O)[C@H](C)C(=O)[C@H](C)[C@@H](O[C@@H]2O[C@H](C)C[C@H](N(C)C)[C@H]2O)[C@](C)(OC/C=C/c2cnc3ccccc3c2)CC(C)C(=O)[C@H](C)[C@H]2NC(=O)O[C@@]21C. The van der Waals surface area contributed by atoms with Gasteiger partial charge >= 0.3 is 12.1 Å². The van der Waals surface area contributed by atoms with Crippen LogP contribution in [0.3, 0.4) is 0 Å². The molecule has 0 saturated carbocycles. The van der Waals surface area contributed by atoms with Crippen LogP contribution in [-0.2, 0) is 38.1 Å². The molecule has 13 heteroatoms. The maximum Gasteiger partial charge on any atom is 0.408 e. The first kappa shape index (κ1) is 42.4. The lowest BCUT2D eigenvalue weighted by Crippen LogP contribution is -2.60. The predicted molar refractivity (Wildman–Crippen MR) is 206 cm³/mol. The average molecular weight is 766 g/mol. The number of benzene rings is 1. The van der Waals surface area contributed by atoms with Crippen molar-refractivity contribution in [2.75, 3.05) is 20.7 Å². The van der Waals surface area contributed by atoms with Crippen molar-refractivity contribution >= 4 is 40.6 Å². The van der Waals surface area contributed by atoms with Crippen molar-refractivity contribution in [3.63, 3.8) is 0 Å². The minimum Gasteiger partial charge on any atom is -0.458 e. The lowest BCUT2D eigenvalue weighted by molar-refractivity contribution is -0.296. The molecule has 0 aliphatic carbocycles. The first-order valence-electron chi connectivity index (χ1n) is 19.5. The third kappa shape index (κ3) is 8.96. The van der Waals surface area contributed by atoms with Gasteiger partial charge < -0.3 is 39.0 Å². The van der Waals surface area contributed by atoms with Crippen LogP contribution in [0.15, 0.2) is 42.6 Å². The first-order chi connectivity index (χ1) is 25.9. The number of nitrogens with zero attached hydrogens (tertiary/aromatic N) is 2. The van der Waals surface area contributed by atoms with Gasteiger partial charge in [-0.2, -0.15) is 0 Å². The van der Waals surface area contributed by atoms with Gasteiger partial charge in [0.2, 0.25) is 0 Å². The normalized spacial score (nSPS) is 38.1. The zero-order valence-electron chi connectivity index (χ0n) is 33.8. The molecule has 5 rings (SSSR count). The monoisotopic (exact) mass is 765 g/mol. The highest BCUT2D eigenvalue weighted by molar-refractivity contribution is 6.00. The molecule has 0 bridgehead atoms. The number of Topliss-reactive ketones (excluding diaryl/α,β-unsaturated/α-hetero) is 2. The predicted octanol–water partition coefficient (Wildman–Crippen LogP) is 5.11. The second kappa shape index (κ2) is 17.2. The van der Waals surface area contributed by atoms with Crippen molar-refractivity contribution in [3.05, 3.63) is 48.2 Å². The molecule has 3 aliphatic rings. The van der Waals surface area contributed by atoms with Gasteiger partial charge in [-0.05, 0) is 78.7 Å². The lowest BCUT2D eigenvalue weighted by Gasteiger charge is -2.47. The van der Waals surface area contributed by atoms with Gasteiger partial charge in [0.15, 0.2) is 17.7 Å². The van der Waals surface area contributed by atoms with Crippen molar-refractivity contribution < 1.29 is 48.0 Å². The second-order valence-electron chi connectivity index (χ2n) is 16.4. The third-order valence-electron chi connectivity index (χ3n) is 11.9. The molecule has 2 N–H and O–H groups in total. The smallest absolute Gasteiger partial charge is 0.408 e. The third-order valence-corrected chi connectivity index (χ3v) is 11.9. The number of aromatic nitrogens is 1. The van der Waals surface area contributed by atoms with Crippen LogP contribution in [0.5, 0.6) is 0 Å². The van der Waals surface area contributed by atoms with Gasteiger partial charge in [0.25, 0.3) is 0 Å². The van der Waals surface area contributed by atoms with Gasteiger partial charge in [-0.25, -0.2) is 4.79 Å². The van der Waals surface area contributed by atoms with Crippen molar-refractivity contribution in [1.82, 2.24) is 15.2 Å². The van der Waals surface area contributed by atoms with E-state index in [9.17, 15) is 24.3 Å². The Bertz CT molecular complexity index is 1750. The molecule has 0 spiro atoms. The molecule has 1 amide bonds. The van der Waals surface area contributed by atoms with E-state index in [0.29, 0.717) is 6.42 Å². The van der Waals surface area contributed by atoms with Gasteiger partial charge in [0.1, 0.15) is 23.9 Å². The minimum absolute atomic E-state index is 0.0612. The number of hydrogen-bond donors (Lipinski definition) is 2. The number of cyclic esters (lactones) is 1. The van der Waals surface area contributed by atoms with E-state index in [1.165, 1.54) is 6.92 Å². The number of rotatable bonds is 8. The summed E-state index contributed by atoms with van der Waals surface area (Å²) in [6.45, 7) is 13.8. The minimum atomic E-state index is -1.38. The summed E-state index contributed by atoms with van der Waals surface area (Å²) in [6, 6.07) is 8.70. The summed E-state index contributed by atoms with van der Waals surface area (Å²) in [5.74, 6) is -5.12. The van der Waals surface area contributed by atoms with Crippen LogP contribution in [0, 0.1) is 23.7 Å². The summed E-state index contributed by atoms with van der Waals surface area (Å²) < 4.78 is 31.4. The highest BCUT2D eigenvalue weighted by atomic mass is 16.7. The van der Waals surface area contributed by atoms with Gasteiger partial charge in [-0.3, -0.25) is 19.4 Å². The maximum atomic E-state index is 14.4. The summed E-state index contributed by atoms with van der Waals surface area (Å²) in [7, 11) is 3.74. The molecule has 1 unspecified atom stereocenters. The number of hydrogen-bond acceptors (Lipinski definition) is 12. The van der Waals surface area contributed by atoms with Crippen LogP contribution in [0.1, 0.15) is 80.2 Å². The van der Waals surface area contributed by atoms with Crippen molar-refractivity contribution in [2.45, 2.75) is 129 Å². The highest BCUT2D eigenvalue weighted by Crippen LogP contribution is 2.40. The molecule has 55 heavy (non-hydrogen) atoms. The van der Waals surface area contributed by atoms with Crippen LogP contribution >= 0.6 is 0 Å². The number of nitrogens with one attached hydrogen (secondary N) is 1. The van der Waals surface area contributed by atoms with E-state index in [1.54, 1.807) is 47.7 Å². The van der Waals surface area contributed by atoms with E-state index >= 15 is 0 Å². The van der Waals surface area contributed by atoms with E-state index in [4.69, 9.17) is 23.7 Å². The van der Waals surface area contributed by atoms with E-state index < -0.39 is 83.4 Å². The summed E-state index contributed by atoms with van der Waals surface area (Å²) >= 11 is 0. The lowest BCUT2D eigenvalue weighted by atomic mass is 9.73. The fourth-order valence-electron chi connectivity index (χ4n) is 8.73. The number of ketones is 2. The molecule has 0 radical (unpaired) electrons. The molecule has 3 aliphatic heterocycles. The molecular weight excluding hydrogens is 706 g/mol. The first-order valence-corrected chi connectivity index (χ1v) is 19.5. The molecule has 3 saturated heterocycles. The van der Waals surface area contributed by atoms with Gasteiger partial charge in [-0.1, -0.05) is 58.0 Å². The maximum absolute atomic E-state index is 14.4. The molecule has 302 valence electrons. The Morgan fingerprint density at radius 1 is 1.04 bits per heavy atom. The molecule has 4 heterocycles. The number of ether oxygens (including phenoxy) is 5. The number of amides is 1. The molecular formula is C42H59N3O10. The number of esters is 1. The number of fused-ring (bicyclic) bond motifs is 2.